The first kappa shape index (κ1) is 103. The van der Waals surface area contributed by atoms with Crippen LogP contribution in [0.2, 0.25) is 0 Å². The number of hydrogen-bond donors (Lipinski definition) is 11. The topological polar surface area (TPSA) is 621 Å². The van der Waals surface area contributed by atoms with E-state index in [-0.39, 0.29) is 110 Å². The van der Waals surface area contributed by atoms with Gasteiger partial charge in [0.15, 0.2) is 68.1 Å². The molecule has 49 heteroatoms. The fourth-order valence-electron chi connectivity index (χ4n) is 13.2. The second-order valence-electron chi connectivity index (χ2n) is 29.4. The lowest BCUT2D eigenvalue weighted by Gasteiger charge is -2.29. The lowest BCUT2D eigenvalue weighted by atomic mass is 9.88. The smallest absolute Gasteiger partial charge is 0.297 e. The minimum atomic E-state index is -2.60. The van der Waals surface area contributed by atoms with E-state index in [0.29, 0.717) is 121 Å². The number of nitrogens with one attached hydrogen (secondary N) is 9. The molecule has 2 aliphatic rings. The predicted molar refractivity (Wildman–Crippen MR) is 506 cm³/mol. The van der Waals surface area contributed by atoms with Gasteiger partial charge in [0.1, 0.15) is 40.7 Å². The zero-order valence-electron chi connectivity index (χ0n) is 77.2. The van der Waals surface area contributed by atoms with E-state index in [2.05, 4.69) is 141 Å². The number of hydrogen-bond acceptors (Lipinski definition) is 39. The number of rotatable bonds is 19. The summed E-state index contributed by atoms with van der Waals surface area (Å²) in [4.78, 5) is 188. The van der Waals surface area contributed by atoms with Gasteiger partial charge in [-0.3, -0.25) is 53.3 Å². The van der Waals surface area contributed by atoms with Gasteiger partial charge in [0.2, 0.25) is 51.9 Å². The van der Waals surface area contributed by atoms with Gasteiger partial charge in [0.05, 0.1) is 91.5 Å². The molecule has 0 amide bonds. The maximum atomic E-state index is 13.3. The van der Waals surface area contributed by atoms with Crippen molar-refractivity contribution in [2.45, 2.75) is 124 Å². The molecule has 15 aromatic rings. The zero-order chi connectivity index (χ0) is 99.9. The highest BCUT2D eigenvalue weighted by Gasteiger charge is 2.36. The van der Waals surface area contributed by atoms with Crippen molar-refractivity contribution in [2.75, 3.05) is 62.2 Å². The normalized spacial score (nSPS) is 12.3. The number of anilines is 1. The van der Waals surface area contributed by atoms with Crippen molar-refractivity contribution in [2.24, 2.45) is 0 Å². The van der Waals surface area contributed by atoms with Gasteiger partial charge in [0.25, 0.3) is 50.4 Å². The Morgan fingerprint density at radius 3 is 1.24 bits per heavy atom. The summed E-state index contributed by atoms with van der Waals surface area (Å²) in [7, 11) is 11.3. The molecule has 15 heterocycles. The molecule has 0 radical (unpaired) electrons. The van der Waals surface area contributed by atoms with Gasteiger partial charge in [-0.05, 0) is 111 Å². The maximum Gasteiger partial charge on any atom is 0.297 e. The molecule has 0 atom stereocenters. The van der Waals surface area contributed by atoms with E-state index in [0.717, 1.165) is 30.1 Å². The molecule has 15 aromatic heterocycles. The van der Waals surface area contributed by atoms with Crippen molar-refractivity contribution in [3.8, 4) is 131 Å². The van der Waals surface area contributed by atoms with Gasteiger partial charge in [-0.2, -0.15) is 4.98 Å². The summed E-state index contributed by atoms with van der Waals surface area (Å²) in [6, 6.07) is 13.8. The Morgan fingerprint density at radius 1 is 0.406 bits per heavy atom. The van der Waals surface area contributed by atoms with Crippen molar-refractivity contribution >= 4 is 34.3 Å². The number of aromatic amines is 8. The summed E-state index contributed by atoms with van der Waals surface area (Å²) in [5.41, 5.74) is 3.60. The highest BCUT2D eigenvalue weighted by molar-refractivity contribution is 7.13. The Labute approximate surface area is 790 Å². The number of aromatic nitrogens is 26. The van der Waals surface area contributed by atoms with Crippen molar-refractivity contribution < 1.29 is 56.9 Å². The molecular weight excluding hydrogens is 1840 g/mol. The van der Waals surface area contributed by atoms with Crippen LogP contribution in [0.5, 0.6) is 51.9 Å². The monoisotopic (exact) mass is 1930 g/mol. The van der Waals surface area contributed by atoms with E-state index in [1.807, 2.05) is 37.6 Å². The number of H-pyrrole nitrogens is 8. The van der Waals surface area contributed by atoms with E-state index in [1.54, 1.807) is 107 Å². The van der Waals surface area contributed by atoms with Crippen molar-refractivity contribution in [1.29, 1.82) is 0 Å². The largest absolute Gasteiger partial charge is 0.501 e. The van der Waals surface area contributed by atoms with Gasteiger partial charge >= 0.3 is 0 Å². The van der Waals surface area contributed by atoms with Crippen LogP contribution in [-0.2, 0) is 4.74 Å². The fraction of sp³-hybridized carbons (Fsp3) is 0.303. The van der Waals surface area contributed by atoms with Crippen molar-refractivity contribution in [3.05, 3.63) is 256 Å². The Bertz CT molecular complexity index is 6730. The number of aromatic hydroxyl groups is 2. The van der Waals surface area contributed by atoms with Crippen molar-refractivity contribution in [3.63, 3.8) is 0 Å². The molecule has 45 nitrogen and oxygen atoms in total. The van der Waals surface area contributed by atoms with Gasteiger partial charge in [-0.15, -0.1) is 22.7 Å². The molecule has 138 heavy (non-hydrogen) atoms. The predicted octanol–water partition coefficient (Wildman–Crippen LogP) is 10.2. The van der Waals surface area contributed by atoms with Crippen LogP contribution in [0.1, 0.15) is 115 Å². The van der Waals surface area contributed by atoms with E-state index >= 15 is 0 Å². The Kier molecular flexibility index (Phi) is 36.9. The molecule has 0 aliphatic heterocycles. The molecule has 17 rings (SSSR count). The number of aryl methyl sites for hydroxylation is 7. The molecule has 2 aliphatic carbocycles. The summed E-state index contributed by atoms with van der Waals surface area (Å²) >= 11 is 2.71. The Morgan fingerprint density at radius 2 is 0.819 bits per heavy atom. The van der Waals surface area contributed by atoms with Crippen LogP contribution in [-0.4, -0.2) is 209 Å². The molecule has 0 spiro atoms. The van der Waals surface area contributed by atoms with Crippen LogP contribution in [0.15, 0.2) is 160 Å². The quantitative estimate of drug-likeness (QED) is 0.0335. The number of pyridine rings is 2. The highest BCUT2D eigenvalue weighted by atomic mass is 32.1. The van der Waals surface area contributed by atoms with Gasteiger partial charge in [-0.1, -0.05) is 38.0 Å². The lowest BCUT2D eigenvalue weighted by molar-refractivity contribution is -0.0361. The van der Waals surface area contributed by atoms with Gasteiger partial charge in [-0.25, -0.2) is 78.6 Å². The van der Waals surface area contributed by atoms with Crippen molar-refractivity contribution in [1.82, 2.24) is 130 Å². The highest BCUT2D eigenvalue weighted by Crippen LogP contribution is 2.36. The van der Waals surface area contributed by atoms with Gasteiger partial charge in [0, 0.05) is 90.3 Å². The summed E-state index contributed by atoms with van der Waals surface area (Å²) in [6.45, 7) is 15.9. The van der Waals surface area contributed by atoms with E-state index < -0.39 is 34.2 Å². The maximum absolute atomic E-state index is 13.3. The molecule has 0 aromatic carbocycles. The first-order valence-corrected chi connectivity index (χ1v) is 43.5. The molecule has 2 fully saturated rings. The third-order valence-electron chi connectivity index (χ3n) is 19.7. The Balaban J connectivity index is 0.000000163. The van der Waals surface area contributed by atoms with E-state index in [1.165, 1.54) is 118 Å². The SMILES string of the molecule is C=C(OC)c1nc(-c2ccccn2)[nH]c(=O)c1O.COc1c(C)nc(-c2ccccn2)[nH]c1=O.COc1c(C)nc(-c2ccncn2)[nH]c1=O.COc1c(C)nc(-c2cnccn2)[nH]c1=O.COc1c(C)nc(-c2ncccn2)[nH]c1=O.COc1c(C)nc(C2CCCCC2)[nH]c1=O.COc1c(NC2CCC(F)(F)CC2)nc(-c2nc(C)cs2)[nH]c1=O.COc1c(O)nc(-c2nc(C)cs2)[nH]c1=O. The third kappa shape index (κ3) is 27.7. The average molecular weight is 1940 g/mol. The number of alkyl halides is 2. The number of nitrogens with zero attached hydrogens (tertiary/aromatic N) is 18. The minimum Gasteiger partial charge on any atom is -0.501 e. The molecule has 0 saturated heterocycles. The van der Waals surface area contributed by atoms with Gasteiger partial charge < -0.3 is 93.3 Å². The zero-order valence-corrected chi connectivity index (χ0v) is 78.9. The van der Waals surface area contributed by atoms with Crippen LogP contribution >= 0.6 is 22.7 Å². The number of methoxy groups -OCH3 is 8. The molecule has 0 bridgehead atoms. The number of thiazole rings is 2. The molecular formula is C89H97F2N27O18S2. The fourth-order valence-corrected chi connectivity index (χ4v) is 14.7. The van der Waals surface area contributed by atoms with Crippen LogP contribution in [0.4, 0.5) is 14.6 Å². The first-order valence-electron chi connectivity index (χ1n) is 41.7. The minimum absolute atomic E-state index is 0.00176. The summed E-state index contributed by atoms with van der Waals surface area (Å²) in [5.74, 6) is 1.90. The molecule has 722 valence electrons. The second-order valence-corrected chi connectivity index (χ2v) is 31.1. The molecule has 11 N–H and O–H groups in total. The standard InChI is InChI=1S/C15H18F2N4O2S.C12H11N3O3.C12H18N2O2.C11H11N3O2.3C10H10N4O2.C9H9N3O3S/c1-8-7-24-14(18-8)12-20-11(10(23-2)13(22)21-12)19-9-3-5-15(16,17)6-4-9;1-7(18-2)9-10(16)12(17)15-11(14-9)8-5-3-4-6-13-8;1-8-10(16-2)12(15)14-11(13-8)9-6-4-3-5-7-9;1-7-9(16-2)11(15)14-10(13-7)8-5-3-4-6-12-8;1-6-8(16-2)10(15)14-9(13-6)7-5-11-3-4-12-7;1-6-8(16-2)10(15)14-9(13-6)7-3-4-11-5-12-7;1-6-7(16-2)10(15)14-9(13-6)8-11-4-3-5-12-8;1-4-3-16-9(10-4)6-11-7(13)5(15-2)8(14)12-6/h7,9H,3-6H2,1-2H3,(H2,19,20,21,22);3-6,16H,1H2,2H3,(H,14,15,17);9H,3-7H2,1-2H3,(H,13,14,15);3-6H,1-2H3,(H,13,14,15);3*3-5H,1-2H3,(H,13,14,15);3H,1-2H3,(H2,11,12,13,14). The summed E-state index contributed by atoms with van der Waals surface area (Å²) < 4.78 is 66.0. The summed E-state index contributed by atoms with van der Waals surface area (Å²) in [6.07, 6.45) is 20.3. The van der Waals surface area contributed by atoms with Crippen LogP contribution < -0.4 is 82.9 Å². The first-order chi connectivity index (χ1) is 66.2. The molecule has 2 saturated carbocycles. The van der Waals surface area contributed by atoms with Crippen LogP contribution in [0.25, 0.3) is 85.1 Å². The lowest BCUT2D eigenvalue weighted by Crippen LogP contribution is -2.33. The van der Waals surface area contributed by atoms with Crippen LogP contribution in [0, 0.1) is 48.5 Å². The van der Waals surface area contributed by atoms with E-state index in [4.69, 9.17) is 37.9 Å². The average Bonchev–Trinajstić information content (AvgIpc) is 1.28. The third-order valence-corrected chi connectivity index (χ3v) is 21.7. The number of halogens is 2. The van der Waals surface area contributed by atoms with E-state index in [9.17, 15) is 57.4 Å². The Hall–Kier alpha value is -16.8. The second kappa shape index (κ2) is 49.3. The van der Waals surface area contributed by atoms with Crippen LogP contribution in [0.3, 0.4) is 0 Å². The summed E-state index contributed by atoms with van der Waals surface area (Å²) in [5, 5.41) is 27.0. The number of ether oxygens (including phenoxy) is 8. The molecule has 0 unspecified atom stereocenters.